The molecule has 3 N–H and O–H groups in total. The zero-order chi connectivity index (χ0) is 24.0. The Labute approximate surface area is 195 Å². The highest BCUT2D eigenvalue weighted by atomic mass is 19.1. The summed E-state index contributed by atoms with van der Waals surface area (Å²) in [7, 11) is 0. The Morgan fingerprint density at radius 1 is 1.06 bits per heavy atom. The molecule has 4 aromatic rings. The summed E-state index contributed by atoms with van der Waals surface area (Å²) in [6.07, 6.45) is 1.53. The van der Waals surface area contributed by atoms with Crippen LogP contribution < -0.4 is 5.73 Å². The monoisotopic (exact) mass is 462 g/mol. The highest BCUT2D eigenvalue weighted by molar-refractivity contribution is 6.04. The maximum Gasteiger partial charge on any atom is 0.335 e. The van der Waals surface area contributed by atoms with Crippen LogP contribution in [-0.4, -0.2) is 28.9 Å². The highest BCUT2D eigenvalue weighted by Crippen LogP contribution is 2.45. The fraction of sp³-hybridized carbons (Fsp3) is 0.222. The molecule has 0 radical (unpaired) electrons. The lowest BCUT2D eigenvalue weighted by Crippen LogP contribution is -2.17. The summed E-state index contributed by atoms with van der Waals surface area (Å²) in [5.74, 6) is -1.70. The Balaban J connectivity index is 1.89. The van der Waals surface area contributed by atoms with Crippen LogP contribution in [0.5, 0.6) is 0 Å². The topological polar surface area (TPSA) is 77.5 Å². The average molecular weight is 462 g/mol. The molecule has 5 nitrogen and oxygen atoms in total. The fourth-order valence-corrected chi connectivity index (χ4v) is 4.91. The molecule has 0 unspecified atom stereocenters. The average Bonchev–Trinajstić information content (AvgIpc) is 3.16. The molecule has 174 valence electrons. The van der Waals surface area contributed by atoms with Gasteiger partial charge >= 0.3 is 5.97 Å². The van der Waals surface area contributed by atoms with Gasteiger partial charge in [-0.3, -0.25) is 0 Å². The van der Waals surface area contributed by atoms with Gasteiger partial charge in [0.25, 0.3) is 0 Å². The van der Waals surface area contributed by atoms with Crippen LogP contribution in [0.4, 0.5) is 14.5 Å². The van der Waals surface area contributed by atoms with Crippen molar-refractivity contribution >= 4 is 22.6 Å². The molecule has 1 aromatic heterocycles. The van der Waals surface area contributed by atoms with Gasteiger partial charge in [0.05, 0.1) is 16.8 Å². The van der Waals surface area contributed by atoms with Crippen molar-refractivity contribution in [3.63, 3.8) is 0 Å². The fourth-order valence-electron chi connectivity index (χ4n) is 4.91. The number of hydrogen-bond donors (Lipinski definition) is 2. The van der Waals surface area contributed by atoms with Crippen LogP contribution >= 0.6 is 0 Å². The van der Waals surface area contributed by atoms with Crippen molar-refractivity contribution in [2.24, 2.45) is 0 Å². The van der Waals surface area contributed by atoms with E-state index in [0.29, 0.717) is 29.7 Å². The maximum absolute atomic E-state index is 14.6. The first-order chi connectivity index (χ1) is 16.3. The van der Waals surface area contributed by atoms with E-state index in [-0.39, 0.29) is 23.0 Å². The number of carboxylic acids is 1. The van der Waals surface area contributed by atoms with E-state index >= 15 is 0 Å². The summed E-state index contributed by atoms with van der Waals surface area (Å²) in [5.41, 5.74) is 11.2. The first-order valence-electron chi connectivity index (χ1n) is 11.2. The minimum atomic E-state index is -1.02. The largest absolute Gasteiger partial charge is 0.478 e. The highest BCUT2D eigenvalue weighted by Gasteiger charge is 2.29. The van der Waals surface area contributed by atoms with E-state index in [1.165, 1.54) is 18.2 Å². The lowest BCUT2D eigenvalue weighted by molar-refractivity contribution is 0.0697. The number of aromatic nitrogens is 1. The third-order valence-electron chi connectivity index (χ3n) is 6.52. The van der Waals surface area contributed by atoms with Crippen LogP contribution in [0.2, 0.25) is 0 Å². The molecule has 0 bridgehead atoms. The minimum Gasteiger partial charge on any atom is -0.478 e. The number of carboxylic acid groups (broad SMARTS) is 1. The zero-order valence-corrected chi connectivity index (χ0v) is 18.6. The van der Waals surface area contributed by atoms with Crippen molar-refractivity contribution in [1.82, 2.24) is 4.57 Å². The van der Waals surface area contributed by atoms with E-state index < -0.39 is 11.8 Å². The quantitative estimate of drug-likeness (QED) is 0.362. The molecule has 34 heavy (non-hydrogen) atoms. The van der Waals surface area contributed by atoms with E-state index in [4.69, 9.17) is 10.5 Å². The van der Waals surface area contributed by atoms with Crippen molar-refractivity contribution in [3.8, 4) is 16.8 Å². The third kappa shape index (κ3) is 3.72. The molecule has 2 heterocycles. The number of nitrogens with zero attached hydrogens (tertiary/aromatic N) is 1. The predicted octanol–water partition coefficient (Wildman–Crippen LogP) is 6.06. The normalized spacial score (nSPS) is 14.6. The summed E-state index contributed by atoms with van der Waals surface area (Å²) >= 11 is 0. The molecule has 5 rings (SSSR count). The first kappa shape index (κ1) is 22.1. The van der Waals surface area contributed by atoms with Gasteiger partial charge in [0.1, 0.15) is 11.6 Å². The van der Waals surface area contributed by atoms with Crippen LogP contribution in [0, 0.1) is 18.6 Å². The Bertz CT molecular complexity index is 1400. The van der Waals surface area contributed by atoms with Gasteiger partial charge in [-0.25, -0.2) is 13.6 Å². The van der Waals surface area contributed by atoms with Crippen LogP contribution in [-0.2, 0) is 4.74 Å². The second-order valence-electron chi connectivity index (χ2n) is 8.69. The maximum atomic E-state index is 14.6. The predicted molar refractivity (Wildman–Crippen MR) is 128 cm³/mol. The van der Waals surface area contributed by atoms with E-state index in [1.54, 1.807) is 43.3 Å². The van der Waals surface area contributed by atoms with Gasteiger partial charge in [-0.1, -0.05) is 6.07 Å². The Morgan fingerprint density at radius 2 is 1.76 bits per heavy atom. The van der Waals surface area contributed by atoms with Crippen LogP contribution in [0.1, 0.15) is 40.4 Å². The first-order valence-corrected chi connectivity index (χ1v) is 11.2. The second kappa shape index (κ2) is 8.57. The molecular formula is C27H24F2N2O3. The zero-order valence-electron chi connectivity index (χ0n) is 18.6. The van der Waals surface area contributed by atoms with Gasteiger partial charge in [-0.2, -0.15) is 0 Å². The number of carbonyl (C=O) groups is 1. The van der Waals surface area contributed by atoms with Crippen LogP contribution in [0.25, 0.3) is 27.7 Å². The van der Waals surface area contributed by atoms with E-state index in [1.807, 2.05) is 4.57 Å². The van der Waals surface area contributed by atoms with Gasteiger partial charge in [0, 0.05) is 41.5 Å². The summed E-state index contributed by atoms with van der Waals surface area (Å²) < 4.78 is 36.4. The molecule has 0 spiro atoms. The molecule has 7 heteroatoms. The van der Waals surface area contributed by atoms with Crippen molar-refractivity contribution < 1.29 is 23.4 Å². The molecule has 0 aliphatic carbocycles. The number of ether oxygens (including phenoxy) is 1. The molecule has 0 atom stereocenters. The van der Waals surface area contributed by atoms with Crippen molar-refractivity contribution in [2.75, 3.05) is 18.9 Å². The van der Waals surface area contributed by atoms with Crippen LogP contribution in [0.3, 0.4) is 0 Å². The molecule has 3 aromatic carbocycles. The van der Waals surface area contributed by atoms with Gasteiger partial charge in [0.2, 0.25) is 0 Å². The number of nitrogen functional groups attached to an aromatic ring is 1. The number of benzene rings is 3. The minimum absolute atomic E-state index is 0.0862. The number of rotatable bonds is 4. The SMILES string of the molecule is Cc1cc(-c2c(C3CCOCC3)n(-c3ccc(C(=O)O)cc3)c3c(N)cc(F)cc23)ccc1F. The Hall–Kier alpha value is -3.71. The molecule has 1 aliphatic rings. The summed E-state index contributed by atoms with van der Waals surface area (Å²) in [4.78, 5) is 11.4. The summed E-state index contributed by atoms with van der Waals surface area (Å²) in [6.45, 7) is 2.89. The van der Waals surface area contributed by atoms with Crippen LogP contribution in [0.15, 0.2) is 54.6 Å². The van der Waals surface area contributed by atoms with Gasteiger partial charge in [-0.15, -0.1) is 0 Å². The Kier molecular flexibility index (Phi) is 5.57. The standard InChI is InChI=1S/C27H24F2N2O3/c1-15-12-18(4-7-22(15)29)24-21-13-19(28)14-23(30)26(21)31(25(24)16-8-10-34-11-9-16)20-5-2-17(3-6-20)27(32)33/h2-7,12-14,16H,8-11,30H2,1H3,(H,32,33). The third-order valence-corrected chi connectivity index (χ3v) is 6.52. The molecule has 1 fully saturated rings. The molecular weight excluding hydrogens is 438 g/mol. The number of hydrogen-bond acceptors (Lipinski definition) is 3. The molecule has 1 saturated heterocycles. The van der Waals surface area contributed by atoms with Gasteiger partial charge in [0.15, 0.2) is 0 Å². The number of aryl methyl sites for hydroxylation is 1. The second-order valence-corrected chi connectivity index (χ2v) is 8.69. The molecule has 1 aliphatic heterocycles. The lowest BCUT2D eigenvalue weighted by atomic mass is 9.89. The van der Waals surface area contributed by atoms with Crippen molar-refractivity contribution in [3.05, 3.63) is 83.1 Å². The van der Waals surface area contributed by atoms with Crippen molar-refractivity contribution in [2.45, 2.75) is 25.7 Å². The van der Waals surface area contributed by atoms with E-state index in [2.05, 4.69) is 0 Å². The number of aromatic carboxylic acids is 1. The smallest absolute Gasteiger partial charge is 0.335 e. The summed E-state index contributed by atoms with van der Waals surface area (Å²) in [5, 5.41) is 9.97. The molecule has 0 saturated carbocycles. The Morgan fingerprint density at radius 3 is 2.41 bits per heavy atom. The van der Waals surface area contributed by atoms with E-state index in [9.17, 15) is 18.7 Å². The lowest BCUT2D eigenvalue weighted by Gasteiger charge is -2.26. The number of anilines is 1. The summed E-state index contributed by atoms with van der Waals surface area (Å²) in [6, 6.07) is 14.2. The van der Waals surface area contributed by atoms with E-state index in [0.717, 1.165) is 35.3 Å². The number of halogens is 2. The molecule has 0 amide bonds. The van der Waals surface area contributed by atoms with Gasteiger partial charge < -0.3 is 20.1 Å². The van der Waals surface area contributed by atoms with Gasteiger partial charge in [-0.05, 0) is 79.4 Å². The number of nitrogens with two attached hydrogens (primary N) is 1. The number of fused-ring (bicyclic) bond motifs is 1. The van der Waals surface area contributed by atoms with Crippen molar-refractivity contribution in [1.29, 1.82) is 0 Å².